The summed E-state index contributed by atoms with van der Waals surface area (Å²) in [5.41, 5.74) is 0.582. The van der Waals surface area contributed by atoms with E-state index in [0.717, 1.165) is 5.56 Å². The second-order valence-corrected chi connectivity index (χ2v) is 5.08. The van der Waals surface area contributed by atoms with E-state index in [1.54, 1.807) is 24.3 Å². The van der Waals surface area contributed by atoms with Gasteiger partial charge in [-0.15, -0.1) is 0 Å². The highest BCUT2D eigenvalue weighted by molar-refractivity contribution is 6.03. The first kappa shape index (κ1) is 16.3. The summed E-state index contributed by atoms with van der Waals surface area (Å²) in [6, 6.07) is 9.45. The van der Waals surface area contributed by atoms with E-state index in [9.17, 15) is 14.9 Å². The highest BCUT2D eigenvalue weighted by Gasteiger charge is 2.16. The van der Waals surface area contributed by atoms with Crippen LogP contribution in [0.5, 0.6) is 17.2 Å². The van der Waals surface area contributed by atoms with E-state index in [4.69, 9.17) is 14.2 Å². The average Bonchev–Trinajstić information content (AvgIpc) is 3.07. The summed E-state index contributed by atoms with van der Waals surface area (Å²) >= 11 is 0. The number of carbonyl (C=O) groups excluding carboxylic acids is 1. The standard InChI is InChI=1S/C17H14N2O6/c1-23-12-4-5-13(14(9-12)19(21)22)18-17(20)7-3-11-2-6-15-16(8-11)25-10-24-15/h2-9H,10H2,1H3,(H,18,20). The van der Waals surface area contributed by atoms with Crippen molar-refractivity contribution in [3.63, 3.8) is 0 Å². The number of nitrogens with zero attached hydrogens (tertiary/aromatic N) is 1. The molecule has 0 aliphatic carbocycles. The van der Waals surface area contributed by atoms with Crippen LogP contribution in [0.4, 0.5) is 11.4 Å². The molecule has 1 amide bonds. The quantitative estimate of drug-likeness (QED) is 0.509. The number of benzene rings is 2. The number of nitro benzene ring substituents is 1. The van der Waals surface area contributed by atoms with Crippen LogP contribution in [0.15, 0.2) is 42.5 Å². The van der Waals surface area contributed by atoms with E-state index in [-0.39, 0.29) is 18.2 Å². The van der Waals surface area contributed by atoms with Crippen LogP contribution in [0.25, 0.3) is 6.08 Å². The van der Waals surface area contributed by atoms with Crippen molar-refractivity contribution in [2.45, 2.75) is 0 Å². The summed E-state index contributed by atoms with van der Waals surface area (Å²) in [7, 11) is 1.41. The minimum atomic E-state index is -0.584. The minimum Gasteiger partial charge on any atom is -0.496 e. The Hall–Kier alpha value is -3.55. The zero-order valence-corrected chi connectivity index (χ0v) is 13.2. The lowest BCUT2D eigenvalue weighted by Gasteiger charge is -2.05. The topological polar surface area (TPSA) is 99.9 Å². The number of hydrogen-bond acceptors (Lipinski definition) is 6. The maximum absolute atomic E-state index is 12.0. The third-order valence-electron chi connectivity index (χ3n) is 3.48. The lowest BCUT2D eigenvalue weighted by molar-refractivity contribution is -0.384. The molecule has 0 fully saturated rings. The summed E-state index contributed by atoms with van der Waals surface area (Å²) in [5, 5.41) is 13.6. The monoisotopic (exact) mass is 342 g/mol. The van der Waals surface area contributed by atoms with Gasteiger partial charge in [-0.05, 0) is 35.9 Å². The number of anilines is 1. The molecule has 2 aromatic carbocycles. The molecule has 0 saturated carbocycles. The number of methoxy groups -OCH3 is 1. The molecule has 0 unspecified atom stereocenters. The van der Waals surface area contributed by atoms with E-state index in [1.807, 2.05) is 0 Å². The minimum absolute atomic E-state index is 0.0890. The van der Waals surface area contributed by atoms with Crippen molar-refractivity contribution in [2.24, 2.45) is 0 Å². The summed E-state index contributed by atoms with van der Waals surface area (Å²) in [6.45, 7) is 0.171. The molecule has 25 heavy (non-hydrogen) atoms. The SMILES string of the molecule is COc1ccc(NC(=O)C=Cc2ccc3c(c2)OCO3)c([N+](=O)[O-])c1. The first-order valence-corrected chi connectivity index (χ1v) is 7.28. The Balaban J connectivity index is 1.73. The molecule has 8 heteroatoms. The van der Waals surface area contributed by atoms with Gasteiger partial charge in [-0.25, -0.2) is 0 Å². The normalized spacial score (nSPS) is 12.2. The van der Waals surface area contributed by atoms with Crippen molar-refractivity contribution in [1.29, 1.82) is 0 Å². The van der Waals surface area contributed by atoms with Crippen molar-refractivity contribution >= 4 is 23.4 Å². The summed E-state index contributed by atoms with van der Waals surface area (Å²) in [4.78, 5) is 22.6. The second kappa shape index (κ2) is 6.91. The van der Waals surface area contributed by atoms with Gasteiger partial charge in [0.25, 0.3) is 5.69 Å². The van der Waals surface area contributed by atoms with Gasteiger partial charge in [-0.1, -0.05) is 6.07 Å². The number of hydrogen-bond donors (Lipinski definition) is 1. The molecule has 1 heterocycles. The number of carbonyl (C=O) groups is 1. The van der Waals surface area contributed by atoms with Crippen molar-refractivity contribution in [2.75, 3.05) is 19.2 Å². The fourth-order valence-electron chi connectivity index (χ4n) is 2.26. The van der Waals surface area contributed by atoms with Gasteiger partial charge in [0.15, 0.2) is 11.5 Å². The van der Waals surface area contributed by atoms with Gasteiger partial charge in [0.1, 0.15) is 11.4 Å². The highest BCUT2D eigenvalue weighted by Crippen LogP contribution is 2.33. The molecular weight excluding hydrogens is 328 g/mol. The Morgan fingerprint density at radius 3 is 2.80 bits per heavy atom. The van der Waals surface area contributed by atoms with Crippen molar-refractivity contribution < 1.29 is 23.9 Å². The molecule has 1 N–H and O–H groups in total. The molecule has 0 aromatic heterocycles. The summed E-state index contributed by atoms with van der Waals surface area (Å²) in [5.74, 6) is 1.09. The van der Waals surface area contributed by atoms with Crippen LogP contribution >= 0.6 is 0 Å². The van der Waals surface area contributed by atoms with Gasteiger partial charge in [-0.3, -0.25) is 14.9 Å². The molecule has 128 valence electrons. The van der Waals surface area contributed by atoms with Gasteiger partial charge in [0, 0.05) is 6.08 Å². The number of fused-ring (bicyclic) bond motifs is 1. The van der Waals surface area contributed by atoms with Crippen LogP contribution < -0.4 is 19.5 Å². The first-order valence-electron chi connectivity index (χ1n) is 7.28. The maximum atomic E-state index is 12.0. The molecule has 1 aliphatic rings. The zero-order chi connectivity index (χ0) is 17.8. The number of amides is 1. The number of nitrogens with one attached hydrogen (secondary N) is 1. The Labute approximate surface area is 142 Å². The maximum Gasteiger partial charge on any atom is 0.296 e. The molecule has 8 nitrogen and oxygen atoms in total. The molecule has 0 radical (unpaired) electrons. The molecule has 0 atom stereocenters. The van der Waals surface area contributed by atoms with E-state index >= 15 is 0 Å². The van der Waals surface area contributed by atoms with Crippen molar-refractivity contribution in [3.8, 4) is 17.2 Å². The van der Waals surface area contributed by atoms with Gasteiger partial charge in [-0.2, -0.15) is 0 Å². The predicted octanol–water partition coefficient (Wildman–Crippen LogP) is 2.98. The van der Waals surface area contributed by atoms with E-state index in [0.29, 0.717) is 17.2 Å². The number of ether oxygens (including phenoxy) is 3. The highest BCUT2D eigenvalue weighted by atomic mass is 16.7. The van der Waals surface area contributed by atoms with Crippen molar-refractivity contribution in [1.82, 2.24) is 0 Å². The van der Waals surface area contributed by atoms with E-state index < -0.39 is 10.8 Å². The van der Waals surface area contributed by atoms with Crippen LogP contribution in [0, 0.1) is 10.1 Å². The number of nitro groups is 1. The summed E-state index contributed by atoms with van der Waals surface area (Å²) < 4.78 is 15.4. The molecular formula is C17H14N2O6. The molecule has 0 spiro atoms. The van der Waals surface area contributed by atoms with Crippen LogP contribution in [-0.4, -0.2) is 24.7 Å². The third kappa shape index (κ3) is 3.69. The molecule has 0 saturated heterocycles. The molecule has 3 rings (SSSR count). The second-order valence-electron chi connectivity index (χ2n) is 5.08. The lowest BCUT2D eigenvalue weighted by Crippen LogP contribution is -2.09. The van der Waals surface area contributed by atoms with E-state index in [2.05, 4.69) is 5.32 Å². The third-order valence-corrected chi connectivity index (χ3v) is 3.48. The number of rotatable bonds is 5. The Kier molecular flexibility index (Phi) is 4.51. The summed E-state index contributed by atoms with van der Waals surface area (Å²) in [6.07, 6.45) is 2.86. The van der Waals surface area contributed by atoms with E-state index in [1.165, 1.54) is 31.4 Å². The largest absolute Gasteiger partial charge is 0.496 e. The van der Waals surface area contributed by atoms with Crippen LogP contribution in [0.3, 0.4) is 0 Å². The van der Waals surface area contributed by atoms with Crippen LogP contribution in [0.1, 0.15) is 5.56 Å². The Morgan fingerprint density at radius 1 is 1.24 bits per heavy atom. The Morgan fingerprint density at radius 2 is 2.04 bits per heavy atom. The van der Waals surface area contributed by atoms with Gasteiger partial charge in [0.2, 0.25) is 12.7 Å². The first-order chi connectivity index (χ1) is 12.1. The molecule has 2 aromatic rings. The molecule has 0 bridgehead atoms. The van der Waals surface area contributed by atoms with Gasteiger partial charge in [0.05, 0.1) is 18.1 Å². The fraction of sp³-hybridized carbons (Fsp3) is 0.118. The zero-order valence-electron chi connectivity index (χ0n) is 13.2. The average molecular weight is 342 g/mol. The van der Waals surface area contributed by atoms with Gasteiger partial charge >= 0.3 is 0 Å². The predicted molar refractivity (Wildman–Crippen MR) is 89.9 cm³/mol. The lowest BCUT2D eigenvalue weighted by atomic mass is 10.2. The van der Waals surface area contributed by atoms with Crippen LogP contribution in [-0.2, 0) is 4.79 Å². The van der Waals surface area contributed by atoms with Crippen molar-refractivity contribution in [3.05, 3.63) is 58.2 Å². The smallest absolute Gasteiger partial charge is 0.296 e. The molecule has 1 aliphatic heterocycles. The fourth-order valence-corrected chi connectivity index (χ4v) is 2.26. The van der Waals surface area contributed by atoms with Crippen LogP contribution in [0.2, 0.25) is 0 Å². The van der Waals surface area contributed by atoms with Gasteiger partial charge < -0.3 is 19.5 Å². The Bertz CT molecular complexity index is 862.